The molecule has 0 saturated carbocycles. The van der Waals surface area contributed by atoms with Gasteiger partial charge in [-0.1, -0.05) is 12.1 Å². The molecule has 0 bridgehead atoms. The van der Waals surface area contributed by atoms with Crippen molar-refractivity contribution in [2.45, 2.75) is 6.04 Å². The Hall–Kier alpha value is -2.07. The average Bonchev–Trinajstić information content (AvgIpc) is 2.84. The number of carboxylic acid groups (broad SMARTS) is 1. The van der Waals surface area contributed by atoms with Crippen LogP contribution in [-0.4, -0.2) is 23.1 Å². The maximum atomic E-state index is 10.9. The second-order valence-electron chi connectivity index (χ2n) is 3.80. The molecule has 0 aliphatic rings. The standard InChI is InChI=1S/C13H14N2O2/c1-14-12(11-5-6-15-8-11)9-3-2-4-10(7-9)13(16)17/h2-8,12,14-15H,1H3,(H,16,17). The van der Waals surface area contributed by atoms with E-state index >= 15 is 0 Å². The van der Waals surface area contributed by atoms with Crippen LogP contribution in [0.1, 0.15) is 27.5 Å². The predicted molar refractivity (Wildman–Crippen MR) is 65.1 cm³/mol. The molecule has 1 heterocycles. The highest BCUT2D eigenvalue weighted by molar-refractivity contribution is 5.87. The van der Waals surface area contributed by atoms with E-state index in [4.69, 9.17) is 5.11 Å². The summed E-state index contributed by atoms with van der Waals surface area (Å²) in [5.41, 5.74) is 2.32. The molecule has 3 N–H and O–H groups in total. The summed E-state index contributed by atoms with van der Waals surface area (Å²) in [7, 11) is 1.85. The normalized spacial score (nSPS) is 12.3. The van der Waals surface area contributed by atoms with E-state index in [2.05, 4.69) is 10.3 Å². The summed E-state index contributed by atoms with van der Waals surface area (Å²) in [6.45, 7) is 0. The van der Waals surface area contributed by atoms with Crippen molar-refractivity contribution < 1.29 is 9.90 Å². The van der Waals surface area contributed by atoms with Gasteiger partial charge in [0.15, 0.2) is 0 Å². The second-order valence-corrected chi connectivity index (χ2v) is 3.80. The van der Waals surface area contributed by atoms with Crippen LogP contribution in [0.15, 0.2) is 42.7 Å². The molecule has 1 aromatic heterocycles. The Morgan fingerprint density at radius 2 is 2.18 bits per heavy atom. The summed E-state index contributed by atoms with van der Waals surface area (Å²) < 4.78 is 0. The molecule has 1 atom stereocenters. The highest BCUT2D eigenvalue weighted by Gasteiger charge is 2.13. The lowest BCUT2D eigenvalue weighted by molar-refractivity contribution is 0.0696. The van der Waals surface area contributed by atoms with Crippen molar-refractivity contribution in [3.05, 3.63) is 59.4 Å². The number of H-pyrrole nitrogens is 1. The number of carboxylic acids is 1. The molecule has 1 aromatic carbocycles. The predicted octanol–water partition coefficient (Wildman–Crippen LogP) is 2.02. The van der Waals surface area contributed by atoms with E-state index in [-0.39, 0.29) is 6.04 Å². The molecule has 1 unspecified atom stereocenters. The fraction of sp³-hybridized carbons (Fsp3) is 0.154. The van der Waals surface area contributed by atoms with Crippen LogP contribution in [0.3, 0.4) is 0 Å². The van der Waals surface area contributed by atoms with Crippen molar-refractivity contribution >= 4 is 5.97 Å². The van der Waals surface area contributed by atoms with Gasteiger partial charge in [-0.25, -0.2) is 4.79 Å². The van der Waals surface area contributed by atoms with Crippen molar-refractivity contribution in [1.29, 1.82) is 0 Å². The number of rotatable bonds is 4. The minimum Gasteiger partial charge on any atom is -0.478 e. The molecule has 0 radical (unpaired) electrons. The van der Waals surface area contributed by atoms with Gasteiger partial charge in [0.25, 0.3) is 0 Å². The van der Waals surface area contributed by atoms with Crippen molar-refractivity contribution in [2.75, 3.05) is 7.05 Å². The number of nitrogens with one attached hydrogen (secondary N) is 2. The third-order valence-electron chi connectivity index (χ3n) is 2.71. The van der Waals surface area contributed by atoms with E-state index in [1.54, 1.807) is 18.2 Å². The lowest BCUT2D eigenvalue weighted by Crippen LogP contribution is -2.17. The number of carbonyl (C=O) groups is 1. The molecule has 2 aromatic rings. The largest absolute Gasteiger partial charge is 0.478 e. The van der Waals surface area contributed by atoms with E-state index in [1.165, 1.54) is 0 Å². The van der Waals surface area contributed by atoms with Crippen LogP contribution < -0.4 is 5.32 Å². The van der Waals surface area contributed by atoms with Gasteiger partial charge in [0.05, 0.1) is 11.6 Å². The van der Waals surface area contributed by atoms with Gasteiger partial charge >= 0.3 is 5.97 Å². The minimum atomic E-state index is -0.907. The average molecular weight is 230 g/mol. The summed E-state index contributed by atoms with van der Waals surface area (Å²) in [6, 6.07) is 8.93. The molecule has 4 nitrogen and oxygen atoms in total. The Morgan fingerprint density at radius 3 is 2.76 bits per heavy atom. The van der Waals surface area contributed by atoms with Gasteiger partial charge in [-0.2, -0.15) is 0 Å². The maximum Gasteiger partial charge on any atom is 0.335 e. The van der Waals surface area contributed by atoms with E-state index < -0.39 is 5.97 Å². The van der Waals surface area contributed by atoms with Crippen molar-refractivity contribution in [2.24, 2.45) is 0 Å². The molecule has 0 spiro atoms. The summed E-state index contributed by atoms with van der Waals surface area (Å²) in [6.07, 6.45) is 3.75. The summed E-state index contributed by atoms with van der Waals surface area (Å²) in [4.78, 5) is 13.9. The molecule has 17 heavy (non-hydrogen) atoms. The number of hydrogen-bond donors (Lipinski definition) is 3. The SMILES string of the molecule is CNC(c1cc[nH]c1)c1cccc(C(=O)O)c1. The molecule has 2 rings (SSSR count). The highest BCUT2D eigenvalue weighted by atomic mass is 16.4. The van der Waals surface area contributed by atoms with Crippen molar-refractivity contribution in [3.8, 4) is 0 Å². The monoisotopic (exact) mass is 230 g/mol. The van der Waals surface area contributed by atoms with E-state index in [1.807, 2.05) is 31.6 Å². The first-order chi connectivity index (χ1) is 8.22. The summed E-state index contributed by atoms with van der Waals surface area (Å²) >= 11 is 0. The Kier molecular flexibility index (Phi) is 3.25. The van der Waals surface area contributed by atoms with Crippen LogP contribution in [0.4, 0.5) is 0 Å². The topological polar surface area (TPSA) is 65.1 Å². The zero-order valence-electron chi connectivity index (χ0n) is 9.47. The fourth-order valence-corrected chi connectivity index (χ4v) is 1.89. The molecule has 0 aliphatic carbocycles. The Labute approximate surface area is 99.3 Å². The summed E-state index contributed by atoms with van der Waals surface area (Å²) in [5, 5.41) is 12.1. The molecule has 0 saturated heterocycles. The van der Waals surface area contributed by atoms with Gasteiger partial charge in [-0.3, -0.25) is 0 Å². The van der Waals surface area contributed by atoms with Gasteiger partial charge < -0.3 is 15.4 Å². The minimum absolute atomic E-state index is 0.000509. The molecule has 0 aliphatic heterocycles. The first-order valence-electron chi connectivity index (χ1n) is 5.35. The third kappa shape index (κ3) is 2.37. The fourth-order valence-electron chi connectivity index (χ4n) is 1.89. The number of aromatic amines is 1. The van der Waals surface area contributed by atoms with Gasteiger partial charge in [0.2, 0.25) is 0 Å². The Bertz CT molecular complexity index is 506. The van der Waals surface area contributed by atoms with Crippen LogP contribution in [0.25, 0.3) is 0 Å². The zero-order chi connectivity index (χ0) is 12.3. The van der Waals surface area contributed by atoms with Crippen LogP contribution in [-0.2, 0) is 0 Å². The van der Waals surface area contributed by atoms with E-state index in [0.29, 0.717) is 5.56 Å². The van der Waals surface area contributed by atoms with E-state index in [0.717, 1.165) is 11.1 Å². The van der Waals surface area contributed by atoms with Crippen LogP contribution in [0.2, 0.25) is 0 Å². The molecular weight excluding hydrogens is 216 g/mol. The number of aromatic nitrogens is 1. The smallest absolute Gasteiger partial charge is 0.335 e. The van der Waals surface area contributed by atoms with E-state index in [9.17, 15) is 4.79 Å². The molecule has 0 amide bonds. The maximum absolute atomic E-state index is 10.9. The van der Waals surface area contributed by atoms with Gasteiger partial charge in [-0.05, 0) is 36.4 Å². The molecule has 0 fully saturated rings. The zero-order valence-corrected chi connectivity index (χ0v) is 9.47. The van der Waals surface area contributed by atoms with Crippen LogP contribution in [0.5, 0.6) is 0 Å². The van der Waals surface area contributed by atoms with Gasteiger partial charge in [0, 0.05) is 12.4 Å². The lowest BCUT2D eigenvalue weighted by Gasteiger charge is -2.15. The number of benzene rings is 1. The molecular formula is C13H14N2O2. The van der Waals surface area contributed by atoms with Gasteiger partial charge in [-0.15, -0.1) is 0 Å². The second kappa shape index (κ2) is 4.84. The molecule has 88 valence electrons. The first-order valence-corrected chi connectivity index (χ1v) is 5.35. The highest BCUT2D eigenvalue weighted by Crippen LogP contribution is 2.22. The quantitative estimate of drug-likeness (QED) is 0.752. The van der Waals surface area contributed by atoms with Crippen molar-refractivity contribution in [1.82, 2.24) is 10.3 Å². The van der Waals surface area contributed by atoms with Crippen molar-refractivity contribution in [3.63, 3.8) is 0 Å². The number of hydrogen-bond acceptors (Lipinski definition) is 2. The first kappa shape index (κ1) is 11.4. The lowest BCUT2D eigenvalue weighted by atomic mass is 9.99. The third-order valence-corrected chi connectivity index (χ3v) is 2.71. The Balaban J connectivity index is 2.38. The summed E-state index contributed by atoms with van der Waals surface area (Å²) in [5.74, 6) is -0.907. The number of aromatic carboxylic acids is 1. The van der Waals surface area contributed by atoms with Crippen LogP contribution in [0, 0.1) is 0 Å². The van der Waals surface area contributed by atoms with Crippen LogP contribution >= 0.6 is 0 Å². The van der Waals surface area contributed by atoms with Gasteiger partial charge in [0.1, 0.15) is 0 Å². The Morgan fingerprint density at radius 1 is 1.35 bits per heavy atom. The molecule has 4 heteroatoms.